The van der Waals surface area contributed by atoms with E-state index >= 15 is 0 Å². The first-order chi connectivity index (χ1) is 9.61. The van der Waals surface area contributed by atoms with Crippen LogP contribution in [0, 0.1) is 5.92 Å². The molecule has 0 spiro atoms. The van der Waals surface area contributed by atoms with Gasteiger partial charge in [0.25, 0.3) is 0 Å². The lowest BCUT2D eigenvalue weighted by Crippen LogP contribution is -2.19. The number of ether oxygens (including phenoxy) is 2. The van der Waals surface area contributed by atoms with Crippen molar-refractivity contribution in [3.63, 3.8) is 0 Å². The number of carbonyl (C=O) groups excluding carboxylic acids is 1. The number of carbonyl (C=O) groups is 1. The van der Waals surface area contributed by atoms with E-state index in [2.05, 4.69) is 30.0 Å². The fourth-order valence-corrected chi connectivity index (χ4v) is 2.58. The molecule has 1 rings (SSSR count). The van der Waals surface area contributed by atoms with E-state index in [1.165, 1.54) is 12.0 Å². The molecule has 114 valence electrons. The van der Waals surface area contributed by atoms with Gasteiger partial charge in [0, 0.05) is 29.5 Å². The fraction of sp³-hybridized carbons (Fsp3) is 0.667. The van der Waals surface area contributed by atoms with Gasteiger partial charge >= 0.3 is 5.97 Å². The van der Waals surface area contributed by atoms with Gasteiger partial charge in [-0.3, -0.25) is 4.79 Å². The Morgan fingerprint density at radius 3 is 2.75 bits per heavy atom. The Kier molecular flexibility index (Phi) is 8.49. The summed E-state index contributed by atoms with van der Waals surface area (Å²) in [6.07, 6.45) is 1.47. The molecule has 1 aromatic heterocycles. The van der Waals surface area contributed by atoms with Gasteiger partial charge in [-0.25, -0.2) is 0 Å². The molecule has 0 amide bonds. The van der Waals surface area contributed by atoms with Crippen molar-refractivity contribution in [2.45, 2.75) is 33.2 Å². The van der Waals surface area contributed by atoms with Crippen molar-refractivity contribution in [1.29, 1.82) is 0 Å². The van der Waals surface area contributed by atoms with Crippen LogP contribution < -0.4 is 5.32 Å². The summed E-state index contributed by atoms with van der Waals surface area (Å²) < 4.78 is 10.2. The van der Waals surface area contributed by atoms with Crippen LogP contribution in [0.2, 0.25) is 0 Å². The number of nitrogens with one attached hydrogen (secondary N) is 1. The fourth-order valence-electron chi connectivity index (χ4n) is 1.60. The molecule has 0 fully saturated rings. The standard InChI is InChI=1S/C15H25NO3S/c1-12(2)6-8-19-9-7-16-11-14-5-4-13(20-14)10-15(17)18-3/h4-5,12,16H,6-11H2,1-3H3. The largest absolute Gasteiger partial charge is 0.469 e. The van der Waals surface area contributed by atoms with E-state index in [0.29, 0.717) is 12.3 Å². The second-order valence-electron chi connectivity index (χ2n) is 5.09. The molecule has 0 atom stereocenters. The average molecular weight is 299 g/mol. The molecule has 20 heavy (non-hydrogen) atoms. The van der Waals surface area contributed by atoms with Gasteiger partial charge in [-0.05, 0) is 24.5 Å². The van der Waals surface area contributed by atoms with E-state index in [-0.39, 0.29) is 5.97 Å². The van der Waals surface area contributed by atoms with Crippen LogP contribution in [0.1, 0.15) is 30.0 Å². The van der Waals surface area contributed by atoms with E-state index in [1.54, 1.807) is 11.3 Å². The van der Waals surface area contributed by atoms with Gasteiger partial charge in [-0.1, -0.05) is 13.8 Å². The van der Waals surface area contributed by atoms with Gasteiger partial charge in [0.1, 0.15) is 0 Å². The first-order valence-electron chi connectivity index (χ1n) is 7.04. The van der Waals surface area contributed by atoms with E-state index in [0.717, 1.165) is 37.6 Å². The van der Waals surface area contributed by atoms with Crippen molar-refractivity contribution in [2.24, 2.45) is 5.92 Å². The number of hydrogen-bond donors (Lipinski definition) is 1. The predicted octanol–water partition coefficient (Wildman–Crippen LogP) is 2.62. The zero-order valence-corrected chi connectivity index (χ0v) is 13.4. The van der Waals surface area contributed by atoms with Crippen LogP contribution in [-0.2, 0) is 27.2 Å². The molecule has 0 unspecified atom stereocenters. The molecule has 0 aliphatic rings. The Morgan fingerprint density at radius 2 is 2.05 bits per heavy atom. The zero-order valence-electron chi connectivity index (χ0n) is 12.6. The predicted molar refractivity (Wildman–Crippen MR) is 82.0 cm³/mol. The third-order valence-electron chi connectivity index (χ3n) is 2.83. The van der Waals surface area contributed by atoms with Gasteiger partial charge in [0.15, 0.2) is 0 Å². The highest BCUT2D eigenvalue weighted by Crippen LogP contribution is 2.17. The Balaban J connectivity index is 2.09. The highest BCUT2D eigenvalue weighted by Gasteiger charge is 2.05. The van der Waals surface area contributed by atoms with Crippen LogP contribution in [0.25, 0.3) is 0 Å². The molecule has 0 aliphatic heterocycles. The normalized spacial score (nSPS) is 11.0. The zero-order chi connectivity index (χ0) is 14.8. The maximum Gasteiger partial charge on any atom is 0.310 e. The summed E-state index contributed by atoms with van der Waals surface area (Å²) in [5.41, 5.74) is 0. The van der Waals surface area contributed by atoms with Crippen molar-refractivity contribution in [2.75, 3.05) is 26.9 Å². The van der Waals surface area contributed by atoms with Crippen LogP contribution in [0.4, 0.5) is 0 Å². The van der Waals surface area contributed by atoms with Crippen LogP contribution in [0.15, 0.2) is 12.1 Å². The van der Waals surface area contributed by atoms with Crippen LogP contribution in [0.5, 0.6) is 0 Å². The van der Waals surface area contributed by atoms with E-state index < -0.39 is 0 Å². The summed E-state index contributed by atoms with van der Waals surface area (Å²) in [6.45, 7) is 7.64. The highest BCUT2D eigenvalue weighted by molar-refractivity contribution is 7.12. The molecule has 0 radical (unpaired) electrons. The Labute approximate surface area is 125 Å². The van der Waals surface area contributed by atoms with Crippen molar-refractivity contribution in [1.82, 2.24) is 5.32 Å². The maximum atomic E-state index is 11.2. The molecular formula is C15H25NO3S. The maximum absolute atomic E-state index is 11.2. The quantitative estimate of drug-likeness (QED) is 0.533. The smallest absolute Gasteiger partial charge is 0.310 e. The van der Waals surface area contributed by atoms with Gasteiger partial charge in [0.05, 0.1) is 20.1 Å². The summed E-state index contributed by atoms with van der Waals surface area (Å²) in [5.74, 6) is 0.507. The number of esters is 1. The van der Waals surface area contributed by atoms with E-state index in [4.69, 9.17) is 4.74 Å². The van der Waals surface area contributed by atoms with Gasteiger partial charge in [-0.2, -0.15) is 0 Å². The average Bonchev–Trinajstić information content (AvgIpc) is 2.84. The van der Waals surface area contributed by atoms with Crippen molar-refractivity contribution >= 4 is 17.3 Å². The minimum Gasteiger partial charge on any atom is -0.469 e. The molecule has 4 nitrogen and oxygen atoms in total. The second kappa shape index (κ2) is 9.91. The van der Waals surface area contributed by atoms with Crippen molar-refractivity contribution < 1.29 is 14.3 Å². The molecule has 1 heterocycles. The number of hydrogen-bond acceptors (Lipinski definition) is 5. The Bertz CT molecular complexity index is 390. The van der Waals surface area contributed by atoms with Crippen molar-refractivity contribution in [3.8, 4) is 0 Å². The molecular weight excluding hydrogens is 274 g/mol. The molecule has 0 saturated carbocycles. The minimum absolute atomic E-state index is 0.190. The Morgan fingerprint density at radius 1 is 1.30 bits per heavy atom. The number of rotatable bonds is 10. The summed E-state index contributed by atoms with van der Waals surface area (Å²) >= 11 is 1.64. The molecule has 1 N–H and O–H groups in total. The molecule has 0 aliphatic carbocycles. The molecule has 0 saturated heterocycles. The van der Waals surface area contributed by atoms with Gasteiger partial charge < -0.3 is 14.8 Å². The van der Waals surface area contributed by atoms with E-state index in [9.17, 15) is 4.79 Å². The third kappa shape index (κ3) is 7.62. The summed E-state index contributed by atoms with van der Waals surface area (Å²) in [5, 5.41) is 3.34. The Hall–Kier alpha value is -0.910. The summed E-state index contributed by atoms with van der Waals surface area (Å²) in [4.78, 5) is 13.4. The first kappa shape index (κ1) is 17.1. The molecule has 1 aromatic rings. The highest BCUT2D eigenvalue weighted by atomic mass is 32.1. The number of methoxy groups -OCH3 is 1. The SMILES string of the molecule is COC(=O)Cc1ccc(CNCCOCCC(C)C)s1. The monoisotopic (exact) mass is 299 g/mol. The minimum atomic E-state index is -0.190. The van der Waals surface area contributed by atoms with Gasteiger partial charge in [0.2, 0.25) is 0 Å². The lowest BCUT2D eigenvalue weighted by molar-refractivity contribution is -0.139. The molecule has 5 heteroatoms. The molecule has 0 aromatic carbocycles. The van der Waals surface area contributed by atoms with Gasteiger partial charge in [-0.15, -0.1) is 11.3 Å². The van der Waals surface area contributed by atoms with Crippen LogP contribution in [0.3, 0.4) is 0 Å². The first-order valence-corrected chi connectivity index (χ1v) is 7.86. The lowest BCUT2D eigenvalue weighted by atomic mass is 10.1. The summed E-state index contributed by atoms with van der Waals surface area (Å²) in [7, 11) is 1.41. The lowest BCUT2D eigenvalue weighted by Gasteiger charge is -2.07. The van der Waals surface area contributed by atoms with Crippen molar-refractivity contribution in [3.05, 3.63) is 21.9 Å². The third-order valence-corrected chi connectivity index (χ3v) is 3.91. The van der Waals surface area contributed by atoms with Crippen LogP contribution in [-0.4, -0.2) is 32.8 Å². The van der Waals surface area contributed by atoms with Crippen LogP contribution >= 0.6 is 11.3 Å². The summed E-state index contributed by atoms with van der Waals surface area (Å²) in [6, 6.07) is 4.04. The second-order valence-corrected chi connectivity index (χ2v) is 6.35. The topological polar surface area (TPSA) is 47.6 Å². The number of thiophene rings is 1. The molecule has 0 bridgehead atoms. The van der Waals surface area contributed by atoms with E-state index in [1.807, 2.05) is 6.07 Å².